The van der Waals surface area contributed by atoms with Crippen LogP contribution in [0.25, 0.3) is 0 Å². The SMILES string of the molecule is CCCCCCC1(C)NC(=O)N(CC(=O)NCc2ccco2)C1=O. The first-order chi connectivity index (χ1) is 11.5. The number of furan rings is 1. The topological polar surface area (TPSA) is 91.7 Å². The highest BCUT2D eigenvalue weighted by Crippen LogP contribution is 2.23. The molecule has 1 aliphatic rings. The minimum atomic E-state index is -0.911. The van der Waals surface area contributed by atoms with Crippen molar-refractivity contribution < 1.29 is 18.8 Å². The van der Waals surface area contributed by atoms with Crippen LogP contribution >= 0.6 is 0 Å². The number of imide groups is 1. The number of nitrogens with one attached hydrogen (secondary N) is 2. The zero-order valence-corrected chi connectivity index (χ0v) is 14.3. The Morgan fingerprint density at radius 1 is 1.33 bits per heavy atom. The highest BCUT2D eigenvalue weighted by molar-refractivity contribution is 6.08. The largest absolute Gasteiger partial charge is 0.467 e. The van der Waals surface area contributed by atoms with Crippen molar-refractivity contribution in [3.8, 4) is 0 Å². The second-order valence-corrected chi connectivity index (χ2v) is 6.32. The molecule has 1 fully saturated rings. The molecule has 0 radical (unpaired) electrons. The Balaban J connectivity index is 1.85. The Hall–Kier alpha value is -2.31. The van der Waals surface area contributed by atoms with Crippen LogP contribution < -0.4 is 10.6 Å². The van der Waals surface area contributed by atoms with Crippen LogP contribution in [0.15, 0.2) is 22.8 Å². The lowest BCUT2D eigenvalue weighted by molar-refractivity contribution is -0.134. The van der Waals surface area contributed by atoms with Gasteiger partial charge in [0.1, 0.15) is 17.8 Å². The third-order valence-electron chi connectivity index (χ3n) is 4.22. The summed E-state index contributed by atoms with van der Waals surface area (Å²) in [7, 11) is 0. The fraction of sp³-hybridized carbons (Fsp3) is 0.588. The van der Waals surface area contributed by atoms with E-state index in [1.165, 1.54) is 6.26 Å². The van der Waals surface area contributed by atoms with Gasteiger partial charge in [-0.2, -0.15) is 0 Å². The number of carbonyl (C=O) groups excluding carboxylic acids is 3. The Bertz CT molecular complexity index is 585. The van der Waals surface area contributed by atoms with Crippen LogP contribution in [0.5, 0.6) is 0 Å². The molecule has 7 heteroatoms. The molecule has 1 unspecified atom stereocenters. The van der Waals surface area contributed by atoms with Crippen LogP contribution in [-0.4, -0.2) is 34.8 Å². The van der Waals surface area contributed by atoms with E-state index in [1.807, 2.05) is 0 Å². The molecular formula is C17H25N3O4. The van der Waals surface area contributed by atoms with E-state index in [2.05, 4.69) is 17.6 Å². The smallest absolute Gasteiger partial charge is 0.325 e. The van der Waals surface area contributed by atoms with E-state index < -0.39 is 17.5 Å². The molecule has 1 atom stereocenters. The maximum atomic E-state index is 12.5. The molecule has 4 amide bonds. The lowest BCUT2D eigenvalue weighted by atomic mass is 9.94. The second kappa shape index (κ2) is 7.99. The van der Waals surface area contributed by atoms with Crippen LogP contribution in [-0.2, 0) is 16.1 Å². The molecule has 1 aromatic heterocycles. The van der Waals surface area contributed by atoms with Crippen molar-refractivity contribution in [3.05, 3.63) is 24.2 Å². The van der Waals surface area contributed by atoms with Gasteiger partial charge in [0, 0.05) is 0 Å². The molecule has 2 heterocycles. The predicted molar refractivity (Wildman–Crippen MR) is 88.0 cm³/mol. The zero-order valence-electron chi connectivity index (χ0n) is 14.3. The molecule has 1 aromatic rings. The van der Waals surface area contributed by atoms with Crippen molar-refractivity contribution in [1.29, 1.82) is 0 Å². The van der Waals surface area contributed by atoms with Crippen molar-refractivity contribution in [3.63, 3.8) is 0 Å². The first kappa shape index (κ1) is 18.0. The molecule has 24 heavy (non-hydrogen) atoms. The molecule has 0 bridgehead atoms. The zero-order chi connectivity index (χ0) is 17.6. The molecule has 1 aliphatic heterocycles. The van der Waals surface area contributed by atoms with Gasteiger partial charge < -0.3 is 15.1 Å². The van der Waals surface area contributed by atoms with Crippen LogP contribution in [0.4, 0.5) is 4.79 Å². The van der Waals surface area contributed by atoms with Crippen molar-refractivity contribution >= 4 is 17.8 Å². The maximum absolute atomic E-state index is 12.5. The lowest BCUT2D eigenvalue weighted by Crippen LogP contribution is -2.45. The Morgan fingerprint density at radius 3 is 2.79 bits per heavy atom. The summed E-state index contributed by atoms with van der Waals surface area (Å²) >= 11 is 0. The Kier molecular flexibility index (Phi) is 6.00. The normalized spacial score (nSPS) is 20.3. The summed E-state index contributed by atoms with van der Waals surface area (Å²) in [5.41, 5.74) is -0.911. The highest BCUT2D eigenvalue weighted by atomic mass is 16.3. The molecule has 0 saturated carbocycles. The van der Waals surface area contributed by atoms with E-state index in [0.29, 0.717) is 12.2 Å². The van der Waals surface area contributed by atoms with Gasteiger partial charge in [-0.3, -0.25) is 14.5 Å². The van der Waals surface area contributed by atoms with Crippen molar-refractivity contribution in [1.82, 2.24) is 15.5 Å². The number of urea groups is 1. The van der Waals surface area contributed by atoms with Gasteiger partial charge in [-0.25, -0.2) is 4.79 Å². The number of carbonyl (C=O) groups is 3. The average Bonchev–Trinajstić information content (AvgIpc) is 3.13. The predicted octanol–water partition coefficient (Wildman–Crippen LogP) is 2.18. The maximum Gasteiger partial charge on any atom is 0.325 e. The van der Waals surface area contributed by atoms with Gasteiger partial charge in [0.25, 0.3) is 5.91 Å². The number of rotatable bonds is 9. The van der Waals surface area contributed by atoms with Crippen LogP contribution in [0.3, 0.4) is 0 Å². The molecule has 0 aliphatic carbocycles. The number of hydrogen-bond acceptors (Lipinski definition) is 4. The third kappa shape index (κ3) is 4.37. The fourth-order valence-corrected chi connectivity index (χ4v) is 2.76. The summed E-state index contributed by atoms with van der Waals surface area (Å²) in [5.74, 6) is -0.122. The first-order valence-corrected chi connectivity index (χ1v) is 8.39. The number of unbranched alkanes of at least 4 members (excludes halogenated alkanes) is 3. The van der Waals surface area contributed by atoms with Crippen LogP contribution in [0, 0.1) is 0 Å². The number of nitrogens with zero attached hydrogens (tertiary/aromatic N) is 1. The highest BCUT2D eigenvalue weighted by Gasteiger charge is 2.47. The average molecular weight is 335 g/mol. The minimum absolute atomic E-state index is 0.226. The van der Waals surface area contributed by atoms with Gasteiger partial charge >= 0.3 is 6.03 Å². The minimum Gasteiger partial charge on any atom is -0.467 e. The molecule has 0 aromatic carbocycles. The second-order valence-electron chi connectivity index (χ2n) is 6.32. The van der Waals surface area contributed by atoms with E-state index in [-0.39, 0.29) is 19.0 Å². The molecule has 2 N–H and O–H groups in total. The summed E-state index contributed by atoms with van der Waals surface area (Å²) in [6, 6.07) is 2.95. The number of hydrogen-bond donors (Lipinski definition) is 2. The summed E-state index contributed by atoms with van der Waals surface area (Å²) in [6.07, 6.45) is 6.22. The van der Waals surface area contributed by atoms with Gasteiger partial charge in [-0.1, -0.05) is 32.6 Å². The Labute approximate surface area is 141 Å². The van der Waals surface area contributed by atoms with Crippen LogP contribution in [0.2, 0.25) is 0 Å². The fourth-order valence-electron chi connectivity index (χ4n) is 2.76. The molecule has 7 nitrogen and oxygen atoms in total. The monoisotopic (exact) mass is 335 g/mol. The van der Waals surface area contributed by atoms with E-state index >= 15 is 0 Å². The molecule has 132 valence electrons. The van der Waals surface area contributed by atoms with Crippen molar-refractivity contribution in [2.75, 3.05) is 6.54 Å². The first-order valence-electron chi connectivity index (χ1n) is 8.39. The van der Waals surface area contributed by atoms with Gasteiger partial charge in [0.2, 0.25) is 5.91 Å². The summed E-state index contributed by atoms with van der Waals surface area (Å²) in [5, 5.41) is 5.35. The van der Waals surface area contributed by atoms with E-state index in [0.717, 1.165) is 30.6 Å². The lowest BCUT2D eigenvalue weighted by Gasteiger charge is -2.21. The summed E-state index contributed by atoms with van der Waals surface area (Å²) < 4.78 is 5.12. The van der Waals surface area contributed by atoms with Gasteiger partial charge in [0.05, 0.1) is 12.8 Å². The Morgan fingerprint density at radius 2 is 2.12 bits per heavy atom. The molecule has 0 spiro atoms. The van der Waals surface area contributed by atoms with Gasteiger partial charge in [0.15, 0.2) is 0 Å². The standard InChI is InChI=1S/C17H25N3O4/c1-3-4-5-6-9-17(2)15(22)20(16(23)19-17)12-14(21)18-11-13-8-7-10-24-13/h7-8,10H,3-6,9,11-12H2,1-2H3,(H,18,21)(H,19,23). The van der Waals surface area contributed by atoms with Crippen molar-refractivity contribution in [2.45, 2.75) is 58.0 Å². The number of amides is 4. The van der Waals surface area contributed by atoms with Crippen LogP contribution in [0.1, 0.15) is 51.7 Å². The van der Waals surface area contributed by atoms with E-state index in [9.17, 15) is 14.4 Å². The molecule has 1 saturated heterocycles. The molecular weight excluding hydrogens is 310 g/mol. The van der Waals surface area contributed by atoms with E-state index in [1.54, 1.807) is 19.1 Å². The van der Waals surface area contributed by atoms with E-state index in [4.69, 9.17) is 4.42 Å². The van der Waals surface area contributed by atoms with Gasteiger partial charge in [-0.15, -0.1) is 0 Å². The molecule has 2 rings (SSSR count). The summed E-state index contributed by atoms with van der Waals surface area (Å²) in [6.45, 7) is 3.78. The van der Waals surface area contributed by atoms with Crippen molar-refractivity contribution in [2.24, 2.45) is 0 Å². The third-order valence-corrected chi connectivity index (χ3v) is 4.22. The van der Waals surface area contributed by atoms with Gasteiger partial charge in [-0.05, 0) is 25.5 Å². The summed E-state index contributed by atoms with van der Waals surface area (Å²) in [4.78, 5) is 37.5. The quantitative estimate of drug-likeness (QED) is 0.534.